The largest absolute Gasteiger partial charge is 0.493 e. The molecule has 0 fully saturated rings. The molecule has 2 N–H and O–H groups in total. The fourth-order valence-electron chi connectivity index (χ4n) is 5.93. The summed E-state index contributed by atoms with van der Waals surface area (Å²) in [4.78, 5) is 27.5. The third-order valence-electron chi connectivity index (χ3n) is 8.45. The van der Waals surface area contributed by atoms with E-state index in [0.29, 0.717) is 23.7 Å². The van der Waals surface area contributed by atoms with E-state index in [-0.39, 0.29) is 18.3 Å². The van der Waals surface area contributed by atoms with Crippen LogP contribution in [-0.4, -0.2) is 93.6 Å². The van der Waals surface area contributed by atoms with Crippen LogP contribution in [0.15, 0.2) is 54.6 Å². The summed E-state index contributed by atoms with van der Waals surface area (Å²) in [6.45, 7) is 3.47. The lowest BCUT2D eigenvalue weighted by Crippen LogP contribution is -2.36. The van der Waals surface area contributed by atoms with Gasteiger partial charge in [0.05, 0.1) is 34.9 Å². The number of benzene rings is 3. The summed E-state index contributed by atoms with van der Waals surface area (Å²) in [5.41, 5.74) is 5.31. The fourth-order valence-corrected chi connectivity index (χ4v) is 5.93. The van der Waals surface area contributed by atoms with Crippen LogP contribution in [0.3, 0.4) is 0 Å². The van der Waals surface area contributed by atoms with Gasteiger partial charge in [0.15, 0.2) is 29.1 Å². The first-order valence-electron chi connectivity index (χ1n) is 15.1. The van der Waals surface area contributed by atoms with Crippen molar-refractivity contribution >= 4 is 24.3 Å². The van der Waals surface area contributed by atoms with Crippen LogP contribution < -0.4 is 18.9 Å². The number of fused-ring (bicyclic) bond motifs is 2. The van der Waals surface area contributed by atoms with Crippen molar-refractivity contribution in [2.75, 3.05) is 61.7 Å². The molecular weight excluding hydrogens is 612 g/mol. The molecule has 5 rings (SSSR count). The lowest BCUT2D eigenvalue weighted by Gasteiger charge is -2.34. The van der Waals surface area contributed by atoms with E-state index < -0.39 is 12.1 Å². The highest BCUT2D eigenvalue weighted by Gasteiger charge is 2.29. The molecule has 2 atom stereocenters. The van der Waals surface area contributed by atoms with Crippen LogP contribution in [0.4, 0.5) is 0 Å². The molecule has 0 saturated carbocycles. The number of nitrogens with zero attached hydrogens (tertiary/aromatic N) is 2. The Bertz CT molecular complexity index is 1470. The van der Waals surface area contributed by atoms with Crippen molar-refractivity contribution in [3.63, 3.8) is 0 Å². The number of aliphatic hydroxyl groups excluding tert-OH is 1. The average Bonchev–Trinajstić information content (AvgIpc) is 3.20. The standard InChI is InChI=1S/C27H36N2O5.C8H8O3.ClH/c1-28(17-21-11-20-14-25(33-4)26(34-5)16-22(20)21)8-6-9-29-10-7-18-12-23(31-2)24(32-3)13-19(18)15-27(29)30;9-7(8(10)11)6-4-2-1-3-5-6;/h12-14,16,21H,6-11,15,17H2,1-5H3;1-5,7,9H,(H,10,11);1H/t21-;7-;/m10./s1. The van der Waals surface area contributed by atoms with Crippen LogP contribution in [0.1, 0.15) is 46.3 Å². The number of carboxylic acid groups (broad SMARTS) is 1. The third-order valence-corrected chi connectivity index (χ3v) is 8.45. The second-order valence-electron chi connectivity index (χ2n) is 11.4. The molecule has 0 bridgehead atoms. The minimum absolute atomic E-state index is 0. The maximum Gasteiger partial charge on any atom is 0.337 e. The number of amides is 1. The van der Waals surface area contributed by atoms with Gasteiger partial charge in [-0.05, 0) is 84.9 Å². The van der Waals surface area contributed by atoms with Crippen molar-refractivity contribution in [1.82, 2.24) is 9.80 Å². The van der Waals surface area contributed by atoms with Crippen molar-refractivity contribution in [3.8, 4) is 23.0 Å². The Morgan fingerprint density at radius 3 is 2.07 bits per heavy atom. The minimum atomic E-state index is -1.41. The monoisotopic (exact) mass is 656 g/mol. The van der Waals surface area contributed by atoms with Crippen molar-refractivity contribution in [2.45, 2.75) is 37.7 Å². The lowest BCUT2D eigenvalue weighted by atomic mass is 9.77. The second-order valence-corrected chi connectivity index (χ2v) is 11.4. The zero-order valence-electron chi connectivity index (χ0n) is 27.2. The molecular formula is C35H45ClN2O8. The number of methoxy groups -OCH3 is 4. The van der Waals surface area contributed by atoms with Crippen LogP contribution in [0.2, 0.25) is 0 Å². The van der Waals surface area contributed by atoms with E-state index in [1.165, 1.54) is 16.7 Å². The highest BCUT2D eigenvalue weighted by molar-refractivity contribution is 5.85. The summed E-state index contributed by atoms with van der Waals surface area (Å²) < 4.78 is 21.7. The molecule has 46 heavy (non-hydrogen) atoms. The summed E-state index contributed by atoms with van der Waals surface area (Å²) in [5, 5.41) is 17.4. The average molecular weight is 657 g/mol. The predicted octanol–water partition coefficient (Wildman–Crippen LogP) is 4.54. The number of aliphatic hydroxyl groups is 1. The first kappa shape index (κ1) is 36.5. The van der Waals surface area contributed by atoms with Crippen LogP contribution in [0.5, 0.6) is 23.0 Å². The van der Waals surface area contributed by atoms with Gasteiger partial charge < -0.3 is 39.0 Å². The van der Waals surface area contributed by atoms with E-state index in [1.54, 1.807) is 58.8 Å². The van der Waals surface area contributed by atoms with E-state index in [0.717, 1.165) is 68.3 Å². The number of halogens is 1. The van der Waals surface area contributed by atoms with Gasteiger partial charge in [-0.25, -0.2) is 4.79 Å². The lowest BCUT2D eigenvalue weighted by molar-refractivity contribution is -0.147. The number of hydrogen-bond acceptors (Lipinski definition) is 8. The van der Waals surface area contributed by atoms with E-state index >= 15 is 0 Å². The Balaban J connectivity index is 0.000000408. The summed E-state index contributed by atoms with van der Waals surface area (Å²) in [5.74, 6) is 2.46. The molecule has 11 heteroatoms. The Morgan fingerprint density at radius 1 is 0.913 bits per heavy atom. The Labute approximate surface area is 277 Å². The number of rotatable bonds is 12. The normalized spacial score (nSPS) is 15.5. The molecule has 0 aromatic heterocycles. The molecule has 0 saturated heterocycles. The summed E-state index contributed by atoms with van der Waals surface area (Å²) in [6.07, 6.45) is 1.86. The maximum absolute atomic E-state index is 12.9. The predicted molar refractivity (Wildman–Crippen MR) is 178 cm³/mol. The van der Waals surface area contributed by atoms with Gasteiger partial charge in [0.25, 0.3) is 0 Å². The molecule has 250 valence electrons. The number of likely N-dealkylation sites (N-methyl/N-ethyl adjacent to an activating group) is 1. The van der Waals surface area contributed by atoms with Crippen LogP contribution in [0.25, 0.3) is 0 Å². The zero-order valence-corrected chi connectivity index (χ0v) is 28.0. The Kier molecular flexibility index (Phi) is 13.5. The summed E-state index contributed by atoms with van der Waals surface area (Å²) >= 11 is 0. The summed E-state index contributed by atoms with van der Waals surface area (Å²) in [7, 11) is 8.79. The maximum atomic E-state index is 12.9. The molecule has 3 aromatic rings. The molecule has 10 nitrogen and oxygen atoms in total. The molecule has 2 aliphatic rings. The third kappa shape index (κ3) is 8.84. The number of hydrogen-bond donors (Lipinski definition) is 2. The van der Waals surface area contributed by atoms with Crippen molar-refractivity contribution in [2.24, 2.45) is 0 Å². The molecule has 3 aromatic carbocycles. The Morgan fingerprint density at radius 2 is 1.48 bits per heavy atom. The van der Waals surface area contributed by atoms with E-state index in [9.17, 15) is 9.59 Å². The van der Waals surface area contributed by atoms with Gasteiger partial charge in [0, 0.05) is 25.6 Å². The fraction of sp³-hybridized carbons (Fsp3) is 0.429. The van der Waals surface area contributed by atoms with E-state index in [1.807, 2.05) is 17.0 Å². The second kappa shape index (κ2) is 17.1. The number of carbonyl (C=O) groups excluding carboxylic acids is 1. The van der Waals surface area contributed by atoms with Crippen LogP contribution >= 0.6 is 12.4 Å². The van der Waals surface area contributed by atoms with Gasteiger partial charge in [-0.15, -0.1) is 12.4 Å². The minimum Gasteiger partial charge on any atom is -0.493 e. The molecule has 1 aliphatic carbocycles. The van der Waals surface area contributed by atoms with Gasteiger partial charge in [-0.1, -0.05) is 30.3 Å². The first-order valence-corrected chi connectivity index (χ1v) is 15.1. The van der Waals surface area contributed by atoms with Crippen LogP contribution in [0, 0.1) is 0 Å². The molecule has 1 aliphatic heterocycles. The van der Waals surface area contributed by atoms with Crippen molar-refractivity contribution < 1.29 is 38.7 Å². The zero-order chi connectivity index (χ0) is 32.5. The number of carbonyl (C=O) groups is 2. The molecule has 0 spiro atoms. The highest BCUT2D eigenvalue weighted by Crippen LogP contribution is 2.42. The SMILES string of the molecule is COc1cc2c(cc1OC)CC(=O)N(CCCN(C)C[C@H]1Cc3cc(OC)c(OC)cc31)CC2.Cl.O=C(O)[C@@H](O)c1ccccc1. The smallest absolute Gasteiger partial charge is 0.337 e. The quantitative estimate of drug-likeness (QED) is 0.290. The highest BCUT2D eigenvalue weighted by atomic mass is 35.5. The van der Waals surface area contributed by atoms with E-state index in [2.05, 4.69) is 24.1 Å². The molecule has 0 radical (unpaired) electrons. The van der Waals surface area contributed by atoms with Crippen LogP contribution in [-0.2, 0) is 28.9 Å². The summed E-state index contributed by atoms with van der Waals surface area (Å²) in [6, 6.07) is 16.4. The van der Waals surface area contributed by atoms with Gasteiger partial charge >= 0.3 is 5.97 Å². The van der Waals surface area contributed by atoms with Crippen molar-refractivity contribution in [3.05, 3.63) is 82.4 Å². The van der Waals surface area contributed by atoms with Gasteiger partial charge in [-0.2, -0.15) is 0 Å². The molecule has 1 heterocycles. The number of carboxylic acids is 1. The number of ether oxygens (including phenoxy) is 4. The molecule has 1 amide bonds. The topological polar surface area (TPSA) is 118 Å². The first-order chi connectivity index (χ1) is 21.7. The Hall–Kier alpha value is -3.99. The number of aliphatic carboxylic acids is 1. The van der Waals surface area contributed by atoms with Crippen molar-refractivity contribution in [1.29, 1.82) is 0 Å². The van der Waals surface area contributed by atoms with E-state index in [4.69, 9.17) is 29.2 Å². The van der Waals surface area contributed by atoms with Gasteiger partial charge in [0.1, 0.15) is 0 Å². The van der Waals surface area contributed by atoms with Gasteiger partial charge in [-0.3, -0.25) is 4.79 Å². The van der Waals surface area contributed by atoms with Gasteiger partial charge in [0.2, 0.25) is 5.91 Å². The molecule has 0 unspecified atom stereocenters.